The molecule has 3 aromatic rings. The topological polar surface area (TPSA) is 326 Å². The lowest BCUT2D eigenvalue weighted by Crippen LogP contribution is -2.48. The van der Waals surface area contributed by atoms with Crippen LogP contribution in [0, 0.1) is 20.2 Å². The fourth-order valence-electron chi connectivity index (χ4n) is 3.18. The Hall–Kier alpha value is -4.89. The van der Waals surface area contributed by atoms with E-state index >= 15 is 0 Å². The molecule has 0 aliphatic rings. The molecule has 0 saturated heterocycles. The van der Waals surface area contributed by atoms with Crippen molar-refractivity contribution in [2.75, 3.05) is 23.2 Å². The molecule has 0 spiro atoms. The fourth-order valence-corrected chi connectivity index (χ4v) is 5.25. The van der Waals surface area contributed by atoms with Gasteiger partial charge in [0, 0.05) is 6.07 Å². The van der Waals surface area contributed by atoms with Crippen molar-refractivity contribution in [1.82, 2.24) is 0 Å². The van der Waals surface area contributed by atoms with Gasteiger partial charge in [-0.05, 0) is 30.3 Å². The van der Waals surface area contributed by atoms with Gasteiger partial charge in [-0.2, -0.15) is 18.6 Å². The molecule has 45 heavy (non-hydrogen) atoms. The SMILES string of the molecule is O=c1ccc(=NNc2cc([N+](=O)[O-])cc([N+](=O)[O-])c2O)c(=O)c1=NNc1ccc(S(=O)(=O)CCOS(=O)(=O)O)cc1SOOO. The van der Waals surface area contributed by atoms with Crippen LogP contribution in [0.5, 0.6) is 5.75 Å². The van der Waals surface area contributed by atoms with Crippen molar-refractivity contribution in [2.45, 2.75) is 9.79 Å². The fraction of sp³-hybridized carbons (Fsp3) is 0.100. The van der Waals surface area contributed by atoms with Crippen LogP contribution in [0.15, 0.2) is 72.0 Å². The number of nitro benzene ring substituents is 2. The van der Waals surface area contributed by atoms with Crippen LogP contribution in [0.25, 0.3) is 0 Å². The summed E-state index contributed by atoms with van der Waals surface area (Å²) < 4.78 is 63.3. The molecule has 0 atom stereocenters. The first kappa shape index (κ1) is 34.6. The van der Waals surface area contributed by atoms with E-state index in [0.29, 0.717) is 12.1 Å². The number of nitrogens with one attached hydrogen (secondary N) is 2. The lowest BCUT2D eigenvalue weighted by molar-refractivity contribution is -0.432. The second kappa shape index (κ2) is 14.3. The standard InChI is InChI=1S/C20H16N6O16S3/c27-16-4-3-13(22-23-14-7-10(25(30)31)8-15(19(14)28)26(32)33)20(29)18(16)24-21-12-2-1-11(9-17(12)43-42-41-34)44(35,36)6-5-40-45(37,38)39/h1-4,7-9,21,23,28,34H,5-6H2,(H,37,38,39). The van der Waals surface area contributed by atoms with Gasteiger partial charge in [-0.1, -0.05) is 5.04 Å². The summed E-state index contributed by atoms with van der Waals surface area (Å²) >= 11 is 0.235. The van der Waals surface area contributed by atoms with Gasteiger partial charge in [-0.15, -0.1) is 4.33 Å². The summed E-state index contributed by atoms with van der Waals surface area (Å²) in [6, 6.07) is 5.99. The highest BCUT2D eigenvalue weighted by atomic mass is 32.3. The summed E-state index contributed by atoms with van der Waals surface area (Å²) in [7, 11) is -9.13. The zero-order chi connectivity index (χ0) is 33.5. The third-order valence-electron chi connectivity index (χ3n) is 5.19. The number of nitrogens with zero attached hydrogens (tertiary/aromatic N) is 4. The van der Waals surface area contributed by atoms with Gasteiger partial charge in [0.2, 0.25) is 16.6 Å². The van der Waals surface area contributed by atoms with E-state index in [2.05, 4.69) is 34.6 Å². The van der Waals surface area contributed by atoms with Gasteiger partial charge in [-0.3, -0.25) is 45.2 Å². The third kappa shape index (κ3) is 9.06. The first-order chi connectivity index (χ1) is 21.0. The maximum Gasteiger partial charge on any atom is 0.397 e. The zero-order valence-electron chi connectivity index (χ0n) is 21.6. The van der Waals surface area contributed by atoms with Crippen molar-refractivity contribution in [1.29, 1.82) is 0 Å². The Morgan fingerprint density at radius 1 is 0.933 bits per heavy atom. The molecule has 0 fully saturated rings. The van der Waals surface area contributed by atoms with Gasteiger partial charge in [0.1, 0.15) is 11.0 Å². The van der Waals surface area contributed by atoms with Gasteiger partial charge in [0.15, 0.2) is 15.2 Å². The smallest absolute Gasteiger partial charge is 0.397 e. The lowest BCUT2D eigenvalue weighted by Gasteiger charge is -2.10. The van der Waals surface area contributed by atoms with Gasteiger partial charge in [-0.25, -0.2) is 17.9 Å². The quantitative estimate of drug-likeness (QED) is 0.0361. The van der Waals surface area contributed by atoms with Crippen LogP contribution in [0.2, 0.25) is 0 Å². The molecule has 0 radical (unpaired) electrons. The Morgan fingerprint density at radius 3 is 2.24 bits per heavy atom. The molecule has 22 nitrogen and oxygen atoms in total. The van der Waals surface area contributed by atoms with Crippen LogP contribution in [0.3, 0.4) is 0 Å². The maximum absolute atomic E-state index is 12.9. The molecule has 0 aliphatic carbocycles. The molecule has 0 aliphatic heterocycles. The Morgan fingerprint density at radius 2 is 1.62 bits per heavy atom. The number of hydrogen-bond acceptors (Lipinski definition) is 20. The van der Waals surface area contributed by atoms with Crippen LogP contribution < -0.4 is 32.4 Å². The van der Waals surface area contributed by atoms with Crippen LogP contribution in [-0.2, 0) is 33.8 Å². The summed E-state index contributed by atoms with van der Waals surface area (Å²) in [6.45, 7) is -0.929. The minimum absolute atomic E-state index is 0.127. The minimum atomic E-state index is -4.91. The molecule has 5 N–H and O–H groups in total. The number of benzene rings is 3. The number of rotatable bonds is 14. The zero-order valence-corrected chi connectivity index (χ0v) is 24.1. The number of sulfone groups is 1. The molecule has 240 valence electrons. The average molecular weight is 693 g/mol. The van der Waals surface area contributed by atoms with E-state index in [4.69, 9.17) is 9.81 Å². The Kier molecular flexibility index (Phi) is 11.0. The van der Waals surface area contributed by atoms with Gasteiger partial charge in [0.05, 0.1) is 55.8 Å². The number of phenolic OH excluding ortho intramolecular Hbond substituents is 1. The molecule has 0 heterocycles. The predicted molar refractivity (Wildman–Crippen MR) is 148 cm³/mol. The molecule has 0 saturated carbocycles. The van der Waals surface area contributed by atoms with Crippen molar-refractivity contribution >= 4 is 55.0 Å². The van der Waals surface area contributed by atoms with E-state index in [-0.39, 0.29) is 22.6 Å². The molecule has 25 heteroatoms. The largest absolute Gasteiger partial charge is 0.501 e. The number of nitro groups is 2. The monoisotopic (exact) mass is 692 g/mol. The molecule has 3 aromatic carbocycles. The Labute approximate surface area is 252 Å². The molecule has 3 rings (SSSR count). The molecular weight excluding hydrogens is 676 g/mol. The summed E-state index contributed by atoms with van der Waals surface area (Å²) in [5, 5.41) is 50.3. The molecule has 0 unspecified atom stereocenters. The van der Waals surface area contributed by atoms with Crippen LogP contribution in [-0.4, -0.2) is 54.0 Å². The minimum Gasteiger partial charge on any atom is -0.501 e. The summed E-state index contributed by atoms with van der Waals surface area (Å²) in [6.07, 6.45) is 0. The first-order valence-electron chi connectivity index (χ1n) is 11.3. The lowest BCUT2D eigenvalue weighted by atomic mass is 10.2. The molecule has 0 aromatic heterocycles. The Balaban J connectivity index is 1.99. The highest BCUT2D eigenvalue weighted by Gasteiger charge is 2.24. The Bertz CT molecular complexity index is 2100. The predicted octanol–water partition coefficient (Wildman–Crippen LogP) is -0.318. The van der Waals surface area contributed by atoms with Crippen LogP contribution >= 0.6 is 12.0 Å². The number of hydrogen-bond donors (Lipinski definition) is 5. The number of anilines is 2. The van der Waals surface area contributed by atoms with Gasteiger partial charge in [0.25, 0.3) is 5.69 Å². The van der Waals surface area contributed by atoms with Gasteiger partial charge >= 0.3 is 16.1 Å². The maximum atomic E-state index is 12.9. The summed E-state index contributed by atoms with van der Waals surface area (Å²) in [5.74, 6) is -1.93. The second-order valence-corrected chi connectivity index (χ2v) is 12.0. The summed E-state index contributed by atoms with van der Waals surface area (Å²) in [4.78, 5) is 44.9. The van der Waals surface area contributed by atoms with E-state index in [0.717, 1.165) is 30.3 Å². The number of phenols is 1. The van der Waals surface area contributed by atoms with Crippen LogP contribution in [0.1, 0.15) is 0 Å². The van der Waals surface area contributed by atoms with E-state index in [1.807, 2.05) is 0 Å². The highest BCUT2D eigenvalue weighted by molar-refractivity contribution is 7.95. The molecule has 0 bridgehead atoms. The average Bonchev–Trinajstić information content (AvgIpc) is 2.95. The van der Waals surface area contributed by atoms with E-state index < -0.39 is 91.7 Å². The summed E-state index contributed by atoms with van der Waals surface area (Å²) in [5.41, 5.74) is -0.243. The first-order valence-corrected chi connectivity index (χ1v) is 15.0. The van der Waals surface area contributed by atoms with Crippen molar-refractivity contribution < 1.29 is 55.2 Å². The normalized spacial score (nSPS) is 12.7. The highest BCUT2D eigenvalue weighted by Crippen LogP contribution is 2.38. The molecule has 0 amide bonds. The second-order valence-electron chi connectivity index (χ2n) is 8.04. The van der Waals surface area contributed by atoms with E-state index in [9.17, 15) is 51.8 Å². The van der Waals surface area contributed by atoms with Gasteiger partial charge < -0.3 is 5.11 Å². The molecular formula is C20H16N6O16S3. The number of aromatic hydroxyl groups is 1. The van der Waals surface area contributed by atoms with Crippen LogP contribution in [0.4, 0.5) is 22.7 Å². The van der Waals surface area contributed by atoms with Crippen molar-refractivity contribution in [2.24, 2.45) is 10.2 Å². The van der Waals surface area contributed by atoms with E-state index in [1.165, 1.54) is 0 Å². The van der Waals surface area contributed by atoms with Crippen molar-refractivity contribution in [3.8, 4) is 5.75 Å². The van der Waals surface area contributed by atoms with E-state index in [1.54, 1.807) is 0 Å². The van der Waals surface area contributed by atoms with Crippen molar-refractivity contribution in [3.05, 3.63) is 93.9 Å². The third-order valence-corrected chi connectivity index (χ3v) is 7.98. The number of non-ortho nitro benzene ring substituents is 1. The van der Waals surface area contributed by atoms with Crippen molar-refractivity contribution in [3.63, 3.8) is 0 Å².